The normalized spacial score (nSPS) is 40.8. The molecule has 1 saturated heterocycles. The first-order chi connectivity index (χ1) is 6.11. The van der Waals surface area contributed by atoms with Crippen LogP contribution in [0.5, 0.6) is 0 Å². The first-order valence-electron chi connectivity index (χ1n) is 3.75. The first-order valence-corrected chi connectivity index (χ1v) is 3.75. The molecule has 0 spiro atoms. The first kappa shape index (κ1) is 10.5. The standard InChI is InChI=1S/C6H12N2O5/c7-3-4(10)2(1-9)13-6(8-12)5(3)11/h2-4,6,8-10,12H,1,7H2. The summed E-state index contributed by atoms with van der Waals surface area (Å²) in [6.45, 7) is -0.472. The molecule has 4 atom stereocenters. The van der Waals surface area contributed by atoms with Crippen LogP contribution in [0.4, 0.5) is 0 Å². The molecule has 0 amide bonds. The Balaban J connectivity index is 2.72. The van der Waals surface area contributed by atoms with Crippen LogP contribution in [0, 0.1) is 0 Å². The topological polar surface area (TPSA) is 125 Å². The van der Waals surface area contributed by atoms with Crippen LogP contribution in [0.15, 0.2) is 0 Å². The summed E-state index contributed by atoms with van der Waals surface area (Å²) >= 11 is 0. The average Bonchev–Trinajstić information content (AvgIpc) is 2.15. The van der Waals surface area contributed by atoms with Crippen LogP contribution in [-0.2, 0) is 9.53 Å². The zero-order valence-corrected chi connectivity index (χ0v) is 6.75. The van der Waals surface area contributed by atoms with Crippen molar-refractivity contribution in [2.75, 3.05) is 6.61 Å². The third-order valence-electron chi connectivity index (χ3n) is 1.94. The second kappa shape index (κ2) is 4.09. The van der Waals surface area contributed by atoms with Crippen LogP contribution in [0.3, 0.4) is 0 Å². The molecule has 0 aromatic heterocycles. The Morgan fingerprint density at radius 3 is 2.69 bits per heavy atom. The van der Waals surface area contributed by atoms with Gasteiger partial charge in [0, 0.05) is 0 Å². The van der Waals surface area contributed by atoms with Gasteiger partial charge in [0.1, 0.15) is 12.2 Å². The highest BCUT2D eigenvalue weighted by Gasteiger charge is 2.41. The molecule has 1 rings (SSSR count). The van der Waals surface area contributed by atoms with Gasteiger partial charge in [-0.25, -0.2) is 0 Å². The van der Waals surface area contributed by atoms with Gasteiger partial charge in [0.05, 0.1) is 12.6 Å². The highest BCUT2D eigenvalue weighted by molar-refractivity contribution is 5.88. The average molecular weight is 192 g/mol. The van der Waals surface area contributed by atoms with Gasteiger partial charge in [-0.3, -0.25) is 4.79 Å². The van der Waals surface area contributed by atoms with Crippen molar-refractivity contribution in [3.63, 3.8) is 0 Å². The van der Waals surface area contributed by atoms with Gasteiger partial charge < -0.3 is 25.9 Å². The molecule has 0 saturated carbocycles. The number of carbonyl (C=O) groups excluding carboxylic acids is 1. The number of hydroxylamine groups is 1. The molecule has 7 nitrogen and oxygen atoms in total. The van der Waals surface area contributed by atoms with Crippen LogP contribution in [0.2, 0.25) is 0 Å². The SMILES string of the molecule is NC1C(=O)C(NO)OC(CO)C1O. The fraction of sp³-hybridized carbons (Fsp3) is 0.833. The lowest BCUT2D eigenvalue weighted by molar-refractivity contribution is -0.186. The predicted octanol–water partition coefficient (Wildman–Crippen LogP) is -3.06. The number of aliphatic hydroxyl groups excluding tert-OH is 2. The van der Waals surface area contributed by atoms with E-state index in [9.17, 15) is 9.90 Å². The van der Waals surface area contributed by atoms with Crippen LogP contribution in [-0.4, -0.2) is 52.3 Å². The van der Waals surface area contributed by atoms with E-state index in [1.807, 2.05) is 0 Å². The summed E-state index contributed by atoms with van der Waals surface area (Å²) in [6.07, 6.45) is -3.49. The van der Waals surface area contributed by atoms with Crippen LogP contribution < -0.4 is 11.2 Å². The lowest BCUT2D eigenvalue weighted by Crippen LogP contribution is -2.62. The predicted molar refractivity (Wildman–Crippen MR) is 39.7 cm³/mol. The van der Waals surface area contributed by atoms with Gasteiger partial charge in [-0.2, -0.15) is 5.48 Å². The molecule has 4 unspecified atom stereocenters. The minimum Gasteiger partial charge on any atom is -0.394 e. The molecule has 1 fully saturated rings. The van der Waals surface area contributed by atoms with E-state index in [-0.39, 0.29) is 0 Å². The van der Waals surface area contributed by atoms with Gasteiger partial charge in [-0.15, -0.1) is 0 Å². The number of nitrogens with one attached hydrogen (secondary N) is 1. The smallest absolute Gasteiger partial charge is 0.197 e. The molecular formula is C6H12N2O5. The van der Waals surface area contributed by atoms with Crippen molar-refractivity contribution in [3.8, 4) is 0 Å². The number of nitrogens with two attached hydrogens (primary N) is 1. The Labute approximate surface area is 74.1 Å². The fourth-order valence-corrected chi connectivity index (χ4v) is 1.14. The maximum atomic E-state index is 11.1. The summed E-state index contributed by atoms with van der Waals surface area (Å²) in [7, 11) is 0. The summed E-state index contributed by atoms with van der Waals surface area (Å²) in [5.74, 6) is -0.653. The fourth-order valence-electron chi connectivity index (χ4n) is 1.14. The largest absolute Gasteiger partial charge is 0.394 e. The molecule has 0 aromatic rings. The summed E-state index contributed by atoms with van der Waals surface area (Å²) in [5.41, 5.74) is 6.91. The quantitative estimate of drug-likeness (QED) is 0.294. The van der Waals surface area contributed by atoms with Gasteiger partial charge in [0.25, 0.3) is 0 Å². The van der Waals surface area contributed by atoms with Gasteiger partial charge in [0.15, 0.2) is 12.0 Å². The maximum Gasteiger partial charge on any atom is 0.197 e. The molecule has 6 N–H and O–H groups in total. The third-order valence-corrected chi connectivity index (χ3v) is 1.94. The molecular weight excluding hydrogens is 180 g/mol. The zero-order valence-electron chi connectivity index (χ0n) is 6.75. The second-order valence-corrected chi connectivity index (χ2v) is 2.78. The minimum atomic E-state index is -1.28. The van der Waals surface area contributed by atoms with Crippen molar-refractivity contribution in [3.05, 3.63) is 0 Å². The molecule has 0 radical (unpaired) electrons. The molecule has 0 bridgehead atoms. The second-order valence-electron chi connectivity index (χ2n) is 2.78. The summed E-state index contributed by atoms with van der Waals surface area (Å²) in [5, 5.41) is 26.5. The molecule has 7 heteroatoms. The molecule has 1 aliphatic rings. The molecule has 13 heavy (non-hydrogen) atoms. The monoisotopic (exact) mass is 192 g/mol. The van der Waals surface area contributed by atoms with Crippen LogP contribution in [0.1, 0.15) is 0 Å². The van der Waals surface area contributed by atoms with Gasteiger partial charge >= 0.3 is 0 Å². The van der Waals surface area contributed by atoms with E-state index in [1.165, 1.54) is 0 Å². The van der Waals surface area contributed by atoms with Gasteiger partial charge in [0.2, 0.25) is 0 Å². The van der Waals surface area contributed by atoms with Gasteiger partial charge in [-0.05, 0) is 0 Å². The number of rotatable bonds is 2. The Morgan fingerprint density at radius 1 is 1.62 bits per heavy atom. The van der Waals surface area contributed by atoms with E-state index in [1.54, 1.807) is 5.48 Å². The van der Waals surface area contributed by atoms with Crippen molar-refractivity contribution < 1.29 is 25.0 Å². The Bertz CT molecular complexity index is 195. The highest BCUT2D eigenvalue weighted by atomic mass is 16.6. The Morgan fingerprint density at radius 2 is 2.23 bits per heavy atom. The number of Topliss-reactive ketones (excluding diaryl/α,β-unsaturated/α-hetero) is 1. The summed E-state index contributed by atoms with van der Waals surface area (Å²) < 4.78 is 4.79. The zero-order chi connectivity index (χ0) is 10.0. The number of ether oxygens (including phenoxy) is 1. The van der Waals surface area contributed by atoms with E-state index in [0.29, 0.717) is 0 Å². The number of carbonyl (C=O) groups is 1. The lowest BCUT2D eigenvalue weighted by Gasteiger charge is -2.34. The van der Waals surface area contributed by atoms with Crippen molar-refractivity contribution in [2.24, 2.45) is 5.73 Å². The van der Waals surface area contributed by atoms with E-state index >= 15 is 0 Å². The molecule has 0 aliphatic carbocycles. The van der Waals surface area contributed by atoms with E-state index in [2.05, 4.69) is 0 Å². The number of aliphatic hydroxyl groups is 2. The van der Waals surface area contributed by atoms with Crippen molar-refractivity contribution in [1.82, 2.24) is 5.48 Å². The van der Waals surface area contributed by atoms with Crippen LogP contribution in [0.25, 0.3) is 0 Å². The van der Waals surface area contributed by atoms with Gasteiger partial charge in [-0.1, -0.05) is 0 Å². The maximum absolute atomic E-state index is 11.1. The highest BCUT2D eigenvalue weighted by Crippen LogP contribution is 2.14. The van der Waals surface area contributed by atoms with Crippen molar-refractivity contribution in [2.45, 2.75) is 24.5 Å². The van der Waals surface area contributed by atoms with Crippen LogP contribution >= 0.6 is 0 Å². The number of hydrogen-bond donors (Lipinski definition) is 5. The van der Waals surface area contributed by atoms with E-state index < -0.39 is 36.9 Å². The number of hydrogen-bond acceptors (Lipinski definition) is 7. The molecule has 76 valence electrons. The van der Waals surface area contributed by atoms with Crippen molar-refractivity contribution in [1.29, 1.82) is 0 Å². The number of ketones is 1. The summed E-state index contributed by atoms with van der Waals surface area (Å²) in [6, 6.07) is -1.16. The Kier molecular flexibility index (Phi) is 3.31. The third kappa shape index (κ3) is 1.85. The van der Waals surface area contributed by atoms with Crippen molar-refractivity contribution >= 4 is 5.78 Å². The molecule has 0 aromatic carbocycles. The summed E-state index contributed by atoms with van der Waals surface area (Å²) in [4.78, 5) is 11.1. The minimum absolute atomic E-state index is 0.472. The lowest BCUT2D eigenvalue weighted by atomic mass is 9.98. The molecule has 1 heterocycles. The molecule has 1 aliphatic heterocycles. The Hall–Kier alpha value is -0.570. The van der Waals surface area contributed by atoms with E-state index in [4.69, 9.17) is 20.8 Å². The van der Waals surface area contributed by atoms with E-state index in [0.717, 1.165) is 0 Å².